The number of rotatable bonds is 4. The van der Waals surface area contributed by atoms with Gasteiger partial charge >= 0.3 is 0 Å². The molecule has 3 fully saturated rings. The summed E-state index contributed by atoms with van der Waals surface area (Å²) in [6, 6.07) is -0.377. The predicted molar refractivity (Wildman–Crippen MR) is 86.0 cm³/mol. The first-order valence-electron chi connectivity index (χ1n) is 8.73. The minimum atomic E-state index is -0.377. The predicted octanol–water partition coefficient (Wildman–Crippen LogP) is -0.870. The van der Waals surface area contributed by atoms with Crippen LogP contribution in [0.3, 0.4) is 0 Å². The fourth-order valence-corrected chi connectivity index (χ4v) is 3.53. The van der Waals surface area contributed by atoms with Gasteiger partial charge in [0, 0.05) is 52.4 Å². The Hall–Kier alpha value is -1.18. The molecular weight excluding hydrogens is 296 g/mol. The number of amides is 2. The third kappa shape index (κ3) is 4.22. The molecule has 0 radical (unpaired) electrons. The standard InChI is InChI=1S/C16H28N4O3/c1-18-6-8-19(9-7-18)15(21)11-14-16(22)20(5-4-17-14)12-13-3-2-10-23-13/h13-14,17H,2-12H2,1H3. The molecule has 2 atom stereocenters. The Labute approximate surface area is 137 Å². The van der Waals surface area contributed by atoms with E-state index in [4.69, 9.17) is 4.74 Å². The first-order chi connectivity index (χ1) is 11.1. The van der Waals surface area contributed by atoms with Gasteiger partial charge < -0.3 is 24.8 Å². The van der Waals surface area contributed by atoms with Gasteiger partial charge in [0.1, 0.15) is 0 Å². The van der Waals surface area contributed by atoms with Gasteiger partial charge in [0.05, 0.1) is 18.6 Å². The molecule has 2 unspecified atom stereocenters. The minimum absolute atomic E-state index is 0.0502. The zero-order chi connectivity index (χ0) is 16.2. The molecule has 3 aliphatic rings. The van der Waals surface area contributed by atoms with Gasteiger partial charge in [-0.3, -0.25) is 9.59 Å². The van der Waals surface area contributed by atoms with Crippen LogP contribution in [0, 0.1) is 0 Å². The Morgan fingerprint density at radius 1 is 1.26 bits per heavy atom. The fourth-order valence-electron chi connectivity index (χ4n) is 3.53. The third-order valence-electron chi connectivity index (χ3n) is 5.06. The lowest BCUT2D eigenvalue weighted by Gasteiger charge is -2.36. The van der Waals surface area contributed by atoms with E-state index in [1.54, 1.807) is 0 Å². The summed E-state index contributed by atoms with van der Waals surface area (Å²) in [6.45, 7) is 6.25. The summed E-state index contributed by atoms with van der Waals surface area (Å²) >= 11 is 0. The molecule has 0 aromatic heterocycles. The fraction of sp³-hybridized carbons (Fsp3) is 0.875. The first-order valence-corrected chi connectivity index (χ1v) is 8.73. The smallest absolute Gasteiger partial charge is 0.240 e. The van der Waals surface area contributed by atoms with Crippen LogP contribution in [0.4, 0.5) is 0 Å². The molecule has 0 spiro atoms. The first kappa shape index (κ1) is 16.7. The second-order valence-corrected chi connectivity index (χ2v) is 6.81. The molecule has 0 bridgehead atoms. The topological polar surface area (TPSA) is 65.1 Å². The van der Waals surface area contributed by atoms with Crippen molar-refractivity contribution < 1.29 is 14.3 Å². The molecule has 3 heterocycles. The number of nitrogens with one attached hydrogen (secondary N) is 1. The van der Waals surface area contributed by atoms with Crippen LogP contribution >= 0.6 is 0 Å². The van der Waals surface area contributed by atoms with Crippen molar-refractivity contribution in [1.29, 1.82) is 0 Å². The largest absolute Gasteiger partial charge is 0.376 e. The Bertz CT molecular complexity index is 431. The summed E-state index contributed by atoms with van der Waals surface area (Å²) in [7, 11) is 2.07. The van der Waals surface area contributed by atoms with Gasteiger partial charge in [-0.15, -0.1) is 0 Å². The van der Waals surface area contributed by atoms with Crippen LogP contribution < -0.4 is 5.32 Å². The number of hydrogen-bond acceptors (Lipinski definition) is 5. The highest BCUT2D eigenvalue weighted by molar-refractivity contribution is 5.89. The van der Waals surface area contributed by atoms with Crippen LogP contribution in [-0.4, -0.2) is 98.1 Å². The zero-order valence-corrected chi connectivity index (χ0v) is 14.0. The average Bonchev–Trinajstić information content (AvgIpc) is 3.05. The van der Waals surface area contributed by atoms with Gasteiger partial charge in [0.25, 0.3) is 0 Å². The summed E-state index contributed by atoms with van der Waals surface area (Å²) in [6.07, 6.45) is 2.55. The van der Waals surface area contributed by atoms with E-state index in [-0.39, 0.29) is 30.4 Å². The highest BCUT2D eigenvalue weighted by Crippen LogP contribution is 2.16. The van der Waals surface area contributed by atoms with Crippen molar-refractivity contribution in [1.82, 2.24) is 20.0 Å². The van der Waals surface area contributed by atoms with Crippen molar-refractivity contribution in [3.8, 4) is 0 Å². The van der Waals surface area contributed by atoms with E-state index in [0.29, 0.717) is 13.1 Å². The number of carbonyl (C=O) groups is 2. The Kier molecular flexibility index (Phi) is 5.50. The van der Waals surface area contributed by atoms with Crippen LogP contribution in [0.2, 0.25) is 0 Å². The number of hydrogen-bond donors (Lipinski definition) is 1. The highest BCUT2D eigenvalue weighted by atomic mass is 16.5. The number of piperazine rings is 2. The van der Waals surface area contributed by atoms with Crippen LogP contribution in [0.25, 0.3) is 0 Å². The zero-order valence-electron chi connectivity index (χ0n) is 14.0. The molecule has 7 heteroatoms. The highest BCUT2D eigenvalue weighted by Gasteiger charge is 2.33. The molecule has 3 saturated heterocycles. The lowest BCUT2D eigenvalue weighted by atomic mass is 10.1. The normalized spacial score (nSPS) is 30.0. The van der Waals surface area contributed by atoms with Gasteiger partial charge in [-0.1, -0.05) is 0 Å². The Balaban J connectivity index is 1.50. The van der Waals surface area contributed by atoms with Crippen molar-refractivity contribution in [2.24, 2.45) is 0 Å². The lowest BCUT2D eigenvalue weighted by molar-refractivity contribution is -0.142. The average molecular weight is 324 g/mol. The van der Waals surface area contributed by atoms with Crippen molar-refractivity contribution >= 4 is 11.8 Å². The second kappa shape index (κ2) is 7.59. The van der Waals surface area contributed by atoms with E-state index in [1.165, 1.54) is 0 Å². The summed E-state index contributed by atoms with van der Waals surface area (Å²) in [5.41, 5.74) is 0. The molecule has 0 aromatic carbocycles. The van der Waals surface area contributed by atoms with Gasteiger partial charge in [0.15, 0.2) is 0 Å². The maximum absolute atomic E-state index is 12.6. The molecule has 0 aromatic rings. The minimum Gasteiger partial charge on any atom is -0.376 e. The molecule has 3 aliphatic heterocycles. The van der Waals surface area contributed by atoms with Gasteiger partial charge in [-0.05, 0) is 19.9 Å². The van der Waals surface area contributed by atoms with E-state index in [0.717, 1.165) is 52.2 Å². The molecular formula is C16H28N4O3. The molecule has 3 rings (SSSR count). The van der Waals surface area contributed by atoms with Gasteiger partial charge in [0.2, 0.25) is 11.8 Å². The van der Waals surface area contributed by atoms with Crippen molar-refractivity contribution in [2.75, 3.05) is 59.5 Å². The lowest BCUT2D eigenvalue weighted by Crippen LogP contribution is -2.58. The third-order valence-corrected chi connectivity index (χ3v) is 5.06. The second-order valence-electron chi connectivity index (χ2n) is 6.81. The maximum Gasteiger partial charge on any atom is 0.240 e. The summed E-state index contributed by atoms with van der Waals surface area (Å²) in [4.78, 5) is 31.0. The van der Waals surface area contributed by atoms with Crippen LogP contribution in [-0.2, 0) is 14.3 Å². The Morgan fingerprint density at radius 2 is 2.04 bits per heavy atom. The molecule has 7 nitrogen and oxygen atoms in total. The van der Waals surface area contributed by atoms with E-state index in [1.807, 2.05) is 9.80 Å². The van der Waals surface area contributed by atoms with Crippen LogP contribution in [0.1, 0.15) is 19.3 Å². The molecule has 23 heavy (non-hydrogen) atoms. The van der Waals surface area contributed by atoms with Crippen molar-refractivity contribution in [2.45, 2.75) is 31.4 Å². The Morgan fingerprint density at radius 3 is 2.74 bits per heavy atom. The summed E-state index contributed by atoms with van der Waals surface area (Å²) < 4.78 is 5.63. The van der Waals surface area contributed by atoms with E-state index >= 15 is 0 Å². The molecule has 0 aliphatic carbocycles. The molecule has 1 N–H and O–H groups in total. The van der Waals surface area contributed by atoms with E-state index in [2.05, 4.69) is 17.3 Å². The molecule has 0 saturated carbocycles. The van der Waals surface area contributed by atoms with Crippen LogP contribution in [0.5, 0.6) is 0 Å². The summed E-state index contributed by atoms with van der Waals surface area (Å²) in [5.74, 6) is 0.136. The number of likely N-dealkylation sites (N-methyl/N-ethyl adjacent to an activating group) is 1. The summed E-state index contributed by atoms with van der Waals surface area (Å²) in [5, 5.41) is 3.21. The number of carbonyl (C=O) groups excluding carboxylic acids is 2. The van der Waals surface area contributed by atoms with E-state index < -0.39 is 0 Å². The van der Waals surface area contributed by atoms with Crippen molar-refractivity contribution in [3.05, 3.63) is 0 Å². The SMILES string of the molecule is CN1CCN(C(=O)CC2NCCN(CC3CCCO3)C2=O)CC1. The number of ether oxygens (including phenoxy) is 1. The molecule has 2 amide bonds. The maximum atomic E-state index is 12.6. The molecule has 130 valence electrons. The van der Waals surface area contributed by atoms with E-state index in [9.17, 15) is 9.59 Å². The number of nitrogens with zero attached hydrogens (tertiary/aromatic N) is 3. The van der Waals surface area contributed by atoms with Gasteiger partial charge in [-0.2, -0.15) is 0 Å². The van der Waals surface area contributed by atoms with Crippen LogP contribution in [0.15, 0.2) is 0 Å². The monoisotopic (exact) mass is 324 g/mol. The van der Waals surface area contributed by atoms with Crippen molar-refractivity contribution in [3.63, 3.8) is 0 Å². The quantitative estimate of drug-likeness (QED) is 0.728. The van der Waals surface area contributed by atoms with Gasteiger partial charge in [-0.25, -0.2) is 0 Å².